The van der Waals surface area contributed by atoms with E-state index < -0.39 is 12.1 Å². The maximum atomic E-state index is 12.4. The summed E-state index contributed by atoms with van der Waals surface area (Å²) in [4.78, 5) is 37.6. The van der Waals surface area contributed by atoms with Crippen LogP contribution in [0.2, 0.25) is 5.02 Å². The Morgan fingerprint density at radius 3 is 2.38 bits per heavy atom. The van der Waals surface area contributed by atoms with Crippen LogP contribution in [0.3, 0.4) is 0 Å². The van der Waals surface area contributed by atoms with Crippen molar-refractivity contribution in [3.63, 3.8) is 0 Å². The molecule has 2 aliphatic heterocycles. The molecule has 128 valence electrons. The molecule has 2 aliphatic rings. The van der Waals surface area contributed by atoms with Gasteiger partial charge in [-0.3, -0.25) is 9.59 Å². The SMILES string of the molecule is O=C(OC1CCOC1=O)C1CCN(C(=O)c2ccc(Cl)cc2)CC1. The van der Waals surface area contributed by atoms with Crippen molar-refractivity contribution in [1.82, 2.24) is 4.90 Å². The highest BCUT2D eigenvalue weighted by Crippen LogP contribution is 2.23. The van der Waals surface area contributed by atoms with Crippen LogP contribution >= 0.6 is 11.6 Å². The van der Waals surface area contributed by atoms with E-state index in [-0.39, 0.29) is 17.8 Å². The second-order valence-electron chi connectivity index (χ2n) is 5.96. The summed E-state index contributed by atoms with van der Waals surface area (Å²) < 4.78 is 10.0. The Labute approximate surface area is 144 Å². The van der Waals surface area contributed by atoms with Crippen molar-refractivity contribution in [2.24, 2.45) is 5.92 Å². The first-order valence-electron chi connectivity index (χ1n) is 7.96. The van der Waals surface area contributed by atoms with Gasteiger partial charge in [-0.05, 0) is 37.1 Å². The second kappa shape index (κ2) is 7.21. The van der Waals surface area contributed by atoms with Gasteiger partial charge in [-0.15, -0.1) is 0 Å². The van der Waals surface area contributed by atoms with E-state index in [0.717, 1.165) is 0 Å². The van der Waals surface area contributed by atoms with Crippen LogP contribution in [-0.4, -0.2) is 48.5 Å². The molecule has 0 radical (unpaired) electrons. The normalized spacial score (nSPS) is 21.5. The molecule has 1 aromatic carbocycles. The highest BCUT2D eigenvalue weighted by Gasteiger charge is 2.34. The van der Waals surface area contributed by atoms with E-state index in [1.807, 2.05) is 0 Å². The Hall–Kier alpha value is -2.08. The molecular weight excluding hydrogens is 334 g/mol. The molecule has 0 bridgehead atoms. The number of cyclic esters (lactones) is 1. The number of rotatable bonds is 3. The zero-order valence-electron chi connectivity index (χ0n) is 13.1. The summed E-state index contributed by atoms with van der Waals surface area (Å²) in [5.41, 5.74) is 0.578. The van der Waals surface area contributed by atoms with E-state index in [0.29, 0.717) is 49.5 Å². The number of hydrogen-bond donors (Lipinski definition) is 0. The summed E-state index contributed by atoms with van der Waals surface area (Å²) in [6.45, 7) is 1.26. The summed E-state index contributed by atoms with van der Waals surface area (Å²) in [6, 6.07) is 6.74. The molecule has 0 N–H and O–H groups in total. The molecule has 0 spiro atoms. The summed E-state index contributed by atoms with van der Waals surface area (Å²) >= 11 is 5.83. The van der Waals surface area contributed by atoms with Crippen molar-refractivity contribution in [1.29, 1.82) is 0 Å². The molecular formula is C17H18ClNO5. The molecule has 1 aromatic rings. The number of carbonyl (C=O) groups excluding carboxylic acids is 3. The van der Waals surface area contributed by atoms with Gasteiger partial charge in [-0.1, -0.05) is 11.6 Å². The first kappa shape index (κ1) is 16.8. The van der Waals surface area contributed by atoms with Crippen LogP contribution in [0.4, 0.5) is 0 Å². The van der Waals surface area contributed by atoms with Gasteiger partial charge in [0.15, 0.2) is 0 Å². The van der Waals surface area contributed by atoms with Gasteiger partial charge < -0.3 is 14.4 Å². The van der Waals surface area contributed by atoms with E-state index in [4.69, 9.17) is 21.1 Å². The lowest BCUT2D eigenvalue weighted by atomic mass is 9.96. The van der Waals surface area contributed by atoms with Crippen LogP contribution in [0.25, 0.3) is 0 Å². The average Bonchev–Trinajstić information content (AvgIpc) is 3.00. The molecule has 0 aliphatic carbocycles. The maximum absolute atomic E-state index is 12.4. The van der Waals surface area contributed by atoms with Crippen LogP contribution in [-0.2, 0) is 19.1 Å². The van der Waals surface area contributed by atoms with E-state index in [1.165, 1.54) is 0 Å². The Morgan fingerprint density at radius 2 is 1.79 bits per heavy atom. The largest absolute Gasteiger partial charge is 0.463 e. The molecule has 24 heavy (non-hydrogen) atoms. The van der Waals surface area contributed by atoms with Gasteiger partial charge >= 0.3 is 11.9 Å². The standard InChI is InChI=1S/C17H18ClNO5/c18-13-3-1-11(2-4-13)15(20)19-8-5-12(6-9-19)16(21)24-14-7-10-23-17(14)22/h1-4,12,14H,5-10H2. The number of ether oxygens (including phenoxy) is 2. The lowest BCUT2D eigenvalue weighted by molar-refractivity contribution is -0.164. The van der Waals surface area contributed by atoms with Gasteiger partial charge in [0.25, 0.3) is 5.91 Å². The topological polar surface area (TPSA) is 72.9 Å². The molecule has 2 fully saturated rings. The van der Waals surface area contributed by atoms with E-state index in [2.05, 4.69) is 0 Å². The highest BCUT2D eigenvalue weighted by molar-refractivity contribution is 6.30. The lowest BCUT2D eigenvalue weighted by Gasteiger charge is -2.31. The van der Waals surface area contributed by atoms with Crippen molar-refractivity contribution in [3.8, 4) is 0 Å². The van der Waals surface area contributed by atoms with E-state index in [1.54, 1.807) is 29.2 Å². The van der Waals surface area contributed by atoms with Gasteiger partial charge in [0.05, 0.1) is 12.5 Å². The second-order valence-corrected chi connectivity index (χ2v) is 6.39. The fourth-order valence-electron chi connectivity index (χ4n) is 2.91. The summed E-state index contributed by atoms with van der Waals surface area (Å²) in [6.07, 6.45) is 0.699. The Morgan fingerprint density at radius 1 is 1.12 bits per heavy atom. The number of hydrogen-bond acceptors (Lipinski definition) is 5. The van der Waals surface area contributed by atoms with E-state index >= 15 is 0 Å². The van der Waals surface area contributed by atoms with Crippen LogP contribution in [0.1, 0.15) is 29.6 Å². The third kappa shape index (κ3) is 3.70. The van der Waals surface area contributed by atoms with Crippen LogP contribution in [0, 0.1) is 5.92 Å². The smallest absolute Gasteiger partial charge is 0.347 e. The number of halogens is 1. The van der Waals surface area contributed by atoms with Gasteiger partial charge in [0, 0.05) is 30.1 Å². The van der Waals surface area contributed by atoms with Crippen LogP contribution < -0.4 is 0 Å². The number of likely N-dealkylation sites (tertiary alicyclic amines) is 1. The molecule has 2 heterocycles. The van der Waals surface area contributed by atoms with Gasteiger partial charge in [0.1, 0.15) is 0 Å². The molecule has 1 amide bonds. The number of carbonyl (C=O) groups is 3. The third-order valence-electron chi connectivity index (χ3n) is 4.35. The molecule has 1 unspecified atom stereocenters. The predicted octanol–water partition coefficient (Wildman–Crippen LogP) is 2.05. The van der Waals surface area contributed by atoms with Crippen molar-refractivity contribution in [2.45, 2.75) is 25.4 Å². The van der Waals surface area contributed by atoms with Gasteiger partial charge in [-0.2, -0.15) is 0 Å². The zero-order chi connectivity index (χ0) is 17.1. The highest BCUT2D eigenvalue weighted by atomic mass is 35.5. The molecule has 3 rings (SSSR count). The summed E-state index contributed by atoms with van der Waals surface area (Å²) in [5, 5.41) is 0.582. The molecule has 2 saturated heterocycles. The van der Waals surface area contributed by atoms with Crippen molar-refractivity contribution in [2.75, 3.05) is 19.7 Å². The monoisotopic (exact) mass is 351 g/mol. The van der Waals surface area contributed by atoms with Gasteiger partial charge in [0.2, 0.25) is 6.10 Å². The number of nitrogens with zero attached hydrogens (tertiary/aromatic N) is 1. The quantitative estimate of drug-likeness (QED) is 0.779. The first-order valence-corrected chi connectivity index (χ1v) is 8.34. The molecule has 6 nitrogen and oxygen atoms in total. The molecule has 7 heteroatoms. The van der Waals surface area contributed by atoms with Crippen molar-refractivity contribution < 1.29 is 23.9 Å². The zero-order valence-corrected chi connectivity index (χ0v) is 13.8. The lowest BCUT2D eigenvalue weighted by Crippen LogP contribution is -2.41. The first-order chi connectivity index (χ1) is 11.5. The molecule has 0 aromatic heterocycles. The number of amides is 1. The fourth-order valence-corrected chi connectivity index (χ4v) is 3.04. The van der Waals surface area contributed by atoms with E-state index in [9.17, 15) is 14.4 Å². The number of benzene rings is 1. The minimum absolute atomic E-state index is 0.0714. The predicted molar refractivity (Wildman–Crippen MR) is 85.5 cm³/mol. The number of piperidine rings is 1. The minimum Gasteiger partial charge on any atom is -0.463 e. The van der Waals surface area contributed by atoms with Crippen molar-refractivity contribution in [3.05, 3.63) is 34.9 Å². The van der Waals surface area contributed by atoms with Crippen LogP contribution in [0.15, 0.2) is 24.3 Å². The average molecular weight is 352 g/mol. The minimum atomic E-state index is -0.772. The Kier molecular flexibility index (Phi) is 5.04. The third-order valence-corrected chi connectivity index (χ3v) is 4.60. The maximum Gasteiger partial charge on any atom is 0.347 e. The fraction of sp³-hybridized carbons (Fsp3) is 0.471. The Bertz CT molecular complexity index is 637. The summed E-state index contributed by atoms with van der Waals surface area (Å²) in [7, 11) is 0. The molecule has 1 atom stereocenters. The van der Waals surface area contributed by atoms with Crippen LogP contribution in [0.5, 0.6) is 0 Å². The number of esters is 2. The summed E-state index contributed by atoms with van der Waals surface area (Å²) in [5.74, 6) is -1.21. The van der Waals surface area contributed by atoms with Crippen molar-refractivity contribution >= 4 is 29.4 Å². The van der Waals surface area contributed by atoms with Gasteiger partial charge in [-0.25, -0.2) is 4.79 Å². The Balaban J connectivity index is 1.51. The molecule has 0 saturated carbocycles.